The second kappa shape index (κ2) is 3.23. The van der Waals surface area contributed by atoms with Gasteiger partial charge < -0.3 is 0 Å². The first-order valence-corrected chi connectivity index (χ1v) is 5.45. The molecule has 1 aromatic carbocycles. The zero-order chi connectivity index (χ0) is 10.3. The van der Waals surface area contributed by atoms with Gasteiger partial charge in [0.05, 0.1) is 11.4 Å². The van der Waals surface area contributed by atoms with Gasteiger partial charge in [0.2, 0.25) is 0 Å². The van der Waals surface area contributed by atoms with E-state index < -0.39 is 0 Å². The highest BCUT2D eigenvalue weighted by Gasteiger charge is 2.22. The molecule has 0 aliphatic heterocycles. The predicted octanol–water partition coefficient (Wildman–Crippen LogP) is 3.06. The first kappa shape index (κ1) is 8.72. The van der Waals surface area contributed by atoms with E-state index in [4.69, 9.17) is 0 Å². The third-order valence-electron chi connectivity index (χ3n) is 2.93. The minimum Gasteiger partial charge on any atom is -0.241 e. The number of benzene rings is 1. The van der Waals surface area contributed by atoms with Gasteiger partial charge in [-0.1, -0.05) is 12.1 Å². The van der Waals surface area contributed by atoms with E-state index in [-0.39, 0.29) is 0 Å². The van der Waals surface area contributed by atoms with E-state index in [9.17, 15) is 0 Å². The number of aryl methyl sites for hydroxylation is 1. The molecule has 0 spiro atoms. The van der Waals surface area contributed by atoms with Crippen molar-refractivity contribution < 1.29 is 0 Å². The summed E-state index contributed by atoms with van der Waals surface area (Å²) in [5.74, 6) is 0.832. The lowest BCUT2D eigenvalue weighted by Gasteiger charge is -2.02. The lowest BCUT2D eigenvalue weighted by molar-refractivity contribution is 0.861. The number of aromatic nitrogens is 2. The summed E-state index contributed by atoms with van der Waals surface area (Å²) in [6.07, 6.45) is 4.72. The van der Waals surface area contributed by atoms with Gasteiger partial charge in [0.1, 0.15) is 0 Å². The quantitative estimate of drug-likeness (QED) is 0.725. The van der Waals surface area contributed by atoms with Crippen molar-refractivity contribution in [2.75, 3.05) is 0 Å². The smallest absolute Gasteiger partial charge is 0.0645 e. The first-order valence-electron chi connectivity index (χ1n) is 5.45. The van der Waals surface area contributed by atoms with Crippen molar-refractivity contribution in [1.29, 1.82) is 0 Å². The van der Waals surface area contributed by atoms with Gasteiger partial charge in [0, 0.05) is 6.20 Å². The fourth-order valence-corrected chi connectivity index (χ4v) is 1.87. The summed E-state index contributed by atoms with van der Waals surface area (Å²) >= 11 is 0. The molecular formula is C13H14N2. The highest BCUT2D eigenvalue weighted by molar-refractivity contribution is 5.36. The number of hydrogen-bond donors (Lipinski definition) is 0. The standard InChI is InChI=1S/C13H14N2/c1-10-8-9-15(14-10)13-6-4-12(5-7-13)11-2-3-11/h4-9,11H,2-3H2,1H3. The molecule has 0 saturated heterocycles. The molecule has 76 valence electrons. The average molecular weight is 198 g/mol. The van der Waals surface area contributed by atoms with Crippen LogP contribution in [0.3, 0.4) is 0 Å². The Hall–Kier alpha value is -1.57. The molecule has 0 unspecified atom stereocenters. The van der Waals surface area contributed by atoms with E-state index in [1.165, 1.54) is 18.4 Å². The van der Waals surface area contributed by atoms with Crippen molar-refractivity contribution in [2.45, 2.75) is 25.7 Å². The third kappa shape index (κ3) is 1.67. The summed E-state index contributed by atoms with van der Waals surface area (Å²) in [6, 6.07) is 10.8. The van der Waals surface area contributed by atoms with Gasteiger partial charge >= 0.3 is 0 Å². The third-order valence-corrected chi connectivity index (χ3v) is 2.93. The molecule has 1 aliphatic rings. The van der Waals surface area contributed by atoms with Crippen LogP contribution in [0, 0.1) is 6.92 Å². The SMILES string of the molecule is Cc1ccn(-c2ccc(C3CC3)cc2)n1. The lowest BCUT2D eigenvalue weighted by atomic mass is 10.1. The highest BCUT2D eigenvalue weighted by atomic mass is 15.3. The van der Waals surface area contributed by atoms with Crippen molar-refractivity contribution in [1.82, 2.24) is 9.78 Å². The zero-order valence-corrected chi connectivity index (χ0v) is 8.85. The maximum atomic E-state index is 4.39. The molecule has 0 amide bonds. The summed E-state index contributed by atoms with van der Waals surface area (Å²) in [7, 11) is 0. The summed E-state index contributed by atoms with van der Waals surface area (Å²) < 4.78 is 1.92. The molecule has 1 aromatic heterocycles. The zero-order valence-electron chi connectivity index (χ0n) is 8.85. The van der Waals surface area contributed by atoms with Gasteiger partial charge in [-0.2, -0.15) is 5.10 Å². The molecule has 1 aliphatic carbocycles. The number of rotatable bonds is 2. The van der Waals surface area contributed by atoms with Crippen LogP contribution in [-0.2, 0) is 0 Å². The molecule has 15 heavy (non-hydrogen) atoms. The summed E-state index contributed by atoms with van der Waals surface area (Å²) in [5, 5.41) is 4.39. The topological polar surface area (TPSA) is 17.8 Å². The second-order valence-corrected chi connectivity index (χ2v) is 4.27. The van der Waals surface area contributed by atoms with Crippen LogP contribution in [0.5, 0.6) is 0 Å². The van der Waals surface area contributed by atoms with Crippen molar-refractivity contribution in [3.8, 4) is 5.69 Å². The molecule has 1 saturated carbocycles. The van der Waals surface area contributed by atoms with Crippen molar-refractivity contribution in [3.63, 3.8) is 0 Å². The van der Waals surface area contributed by atoms with Crippen LogP contribution < -0.4 is 0 Å². The normalized spacial score (nSPS) is 15.5. The second-order valence-electron chi connectivity index (χ2n) is 4.27. The Kier molecular flexibility index (Phi) is 1.88. The van der Waals surface area contributed by atoms with Crippen molar-refractivity contribution in [3.05, 3.63) is 47.8 Å². The Labute approximate surface area is 89.5 Å². The van der Waals surface area contributed by atoms with Crippen LogP contribution >= 0.6 is 0 Å². The van der Waals surface area contributed by atoms with Gasteiger partial charge in [-0.05, 0) is 49.4 Å². The van der Waals surface area contributed by atoms with Crippen molar-refractivity contribution >= 4 is 0 Å². The molecule has 3 rings (SSSR count). The van der Waals surface area contributed by atoms with E-state index in [2.05, 4.69) is 29.4 Å². The van der Waals surface area contributed by atoms with E-state index in [0.29, 0.717) is 0 Å². The van der Waals surface area contributed by atoms with Crippen LogP contribution in [-0.4, -0.2) is 9.78 Å². The minimum absolute atomic E-state index is 0.832. The molecule has 0 N–H and O–H groups in total. The van der Waals surface area contributed by atoms with Crippen LogP contribution in [0.2, 0.25) is 0 Å². The predicted molar refractivity (Wildman–Crippen MR) is 60.3 cm³/mol. The first-order chi connectivity index (χ1) is 7.33. The largest absolute Gasteiger partial charge is 0.241 e. The maximum Gasteiger partial charge on any atom is 0.0645 e. The maximum absolute atomic E-state index is 4.39. The van der Waals surface area contributed by atoms with Gasteiger partial charge in [-0.15, -0.1) is 0 Å². The Morgan fingerprint density at radius 1 is 1.13 bits per heavy atom. The molecular weight excluding hydrogens is 184 g/mol. The minimum atomic E-state index is 0.832. The molecule has 0 atom stereocenters. The molecule has 1 heterocycles. The van der Waals surface area contributed by atoms with Crippen LogP contribution in [0.15, 0.2) is 36.5 Å². The molecule has 2 heteroatoms. The van der Waals surface area contributed by atoms with Crippen LogP contribution in [0.25, 0.3) is 5.69 Å². The number of nitrogens with zero attached hydrogens (tertiary/aromatic N) is 2. The fourth-order valence-electron chi connectivity index (χ4n) is 1.87. The van der Waals surface area contributed by atoms with E-state index in [1.54, 1.807) is 0 Å². The van der Waals surface area contributed by atoms with Crippen LogP contribution in [0.4, 0.5) is 0 Å². The monoisotopic (exact) mass is 198 g/mol. The van der Waals surface area contributed by atoms with Gasteiger partial charge in [-0.25, -0.2) is 4.68 Å². The average Bonchev–Trinajstić information content (AvgIpc) is 3.02. The molecule has 0 radical (unpaired) electrons. The Morgan fingerprint density at radius 2 is 1.87 bits per heavy atom. The summed E-state index contributed by atoms with van der Waals surface area (Å²) in [5.41, 5.74) is 3.68. The van der Waals surface area contributed by atoms with E-state index in [0.717, 1.165) is 17.3 Å². The van der Waals surface area contributed by atoms with Gasteiger partial charge in [-0.3, -0.25) is 0 Å². The van der Waals surface area contributed by atoms with Crippen LogP contribution in [0.1, 0.15) is 30.0 Å². The Balaban J connectivity index is 1.92. The molecule has 0 bridgehead atoms. The number of hydrogen-bond acceptors (Lipinski definition) is 1. The Bertz CT molecular complexity index is 464. The molecule has 2 aromatic rings. The van der Waals surface area contributed by atoms with E-state index in [1.807, 2.05) is 23.9 Å². The summed E-state index contributed by atoms with van der Waals surface area (Å²) in [6.45, 7) is 2.01. The molecule has 2 nitrogen and oxygen atoms in total. The molecule has 1 fully saturated rings. The van der Waals surface area contributed by atoms with Gasteiger partial charge in [0.25, 0.3) is 0 Å². The fraction of sp³-hybridized carbons (Fsp3) is 0.308. The Morgan fingerprint density at radius 3 is 2.40 bits per heavy atom. The van der Waals surface area contributed by atoms with E-state index >= 15 is 0 Å². The van der Waals surface area contributed by atoms with Gasteiger partial charge in [0.15, 0.2) is 0 Å². The lowest BCUT2D eigenvalue weighted by Crippen LogP contribution is -1.94. The van der Waals surface area contributed by atoms with Crippen molar-refractivity contribution in [2.24, 2.45) is 0 Å². The highest BCUT2D eigenvalue weighted by Crippen LogP contribution is 2.39. The summed E-state index contributed by atoms with van der Waals surface area (Å²) in [4.78, 5) is 0.